The zero-order valence-corrected chi connectivity index (χ0v) is 12.5. The van der Waals surface area contributed by atoms with Crippen LogP contribution in [0.5, 0.6) is 0 Å². The van der Waals surface area contributed by atoms with Crippen molar-refractivity contribution in [3.63, 3.8) is 0 Å². The molecule has 7 heteroatoms. The molecule has 6 nitrogen and oxygen atoms in total. The standard InChI is InChI=1S/C13H21N3O3S/c1-16-9-8-15-13(16)20(18,19)10-4-7-14-12(17)11-5-2-3-6-11/h8-9,11H,2-7,10H2,1H3,(H,14,17). The lowest BCUT2D eigenvalue weighted by molar-refractivity contribution is -0.124. The quantitative estimate of drug-likeness (QED) is 0.791. The van der Waals surface area contributed by atoms with Gasteiger partial charge in [-0.1, -0.05) is 12.8 Å². The molecule has 0 aliphatic heterocycles. The van der Waals surface area contributed by atoms with Crippen molar-refractivity contribution >= 4 is 15.7 Å². The Morgan fingerprint density at radius 1 is 1.45 bits per heavy atom. The summed E-state index contributed by atoms with van der Waals surface area (Å²) < 4.78 is 25.5. The Morgan fingerprint density at radius 3 is 2.75 bits per heavy atom. The largest absolute Gasteiger partial charge is 0.356 e. The molecule has 1 saturated carbocycles. The second-order valence-electron chi connectivity index (χ2n) is 5.27. The third kappa shape index (κ3) is 3.59. The van der Waals surface area contributed by atoms with E-state index in [0.717, 1.165) is 25.7 Å². The maximum Gasteiger partial charge on any atom is 0.227 e. The Kier molecular flexibility index (Phi) is 4.80. The van der Waals surface area contributed by atoms with Crippen LogP contribution in [0.4, 0.5) is 0 Å². The molecule has 0 bridgehead atoms. The monoisotopic (exact) mass is 299 g/mol. The van der Waals surface area contributed by atoms with Crippen LogP contribution in [0.2, 0.25) is 0 Å². The Bertz CT molecular complexity index is 559. The van der Waals surface area contributed by atoms with Crippen molar-refractivity contribution in [3.05, 3.63) is 12.4 Å². The summed E-state index contributed by atoms with van der Waals surface area (Å²) in [6.45, 7) is 0.402. The average molecular weight is 299 g/mol. The zero-order chi connectivity index (χ0) is 14.6. The van der Waals surface area contributed by atoms with Crippen molar-refractivity contribution in [1.29, 1.82) is 0 Å². The van der Waals surface area contributed by atoms with Crippen molar-refractivity contribution < 1.29 is 13.2 Å². The number of aryl methyl sites for hydroxylation is 1. The number of amides is 1. The lowest BCUT2D eigenvalue weighted by Crippen LogP contribution is -2.31. The summed E-state index contributed by atoms with van der Waals surface area (Å²) >= 11 is 0. The Labute approximate surface area is 119 Å². The summed E-state index contributed by atoms with van der Waals surface area (Å²) in [6.07, 6.45) is 7.63. The summed E-state index contributed by atoms with van der Waals surface area (Å²) in [6, 6.07) is 0. The van der Waals surface area contributed by atoms with Gasteiger partial charge in [0.05, 0.1) is 5.75 Å². The van der Waals surface area contributed by atoms with Gasteiger partial charge < -0.3 is 9.88 Å². The minimum atomic E-state index is -3.36. The molecule has 0 radical (unpaired) electrons. The van der Waals surface area contributed by atoms with Crippen LogP contribution in [0.1, 0.15) is 32.1 Å². The molecule has 1 aromatic rings. The maximum absolute atomic E-state index is 12.0. The molecular formula is C13H21N3O3S. The third-order valence-corrected chi connectivity index (χ3v) is 5.45. The highest BCUT2D eigenvalue weighted by Gasteiger charge is 2.23. The highest BCUT2D eigenvalue weighted by molar-refractivity contribution is 7.91. The number of aromatic nitrogens is 2. The first-order valence-corrected chi connectivity index (χ1v) is 8.64. The van der Waals surface area contributed by atoms with Gasteiger partial charge in [-0.2, -0.15) is 0 Å². The van der Waals surface area contributed by atoms with E-state index in [2.05, 4.69) is 10.3 Å². The maximum atomic E-state index is 12.0. The van der Waals surface area contributed by atoms with Gasteiger partial charge in [0.1, 0.15) is 0 Å². The molecule has 1 aliphatic carbocycles. The minimum Gasteiger partial charge on any atom is -0.356 e. The van der Waals surface area contributed by atoms with Crippen LogP contribution in [0, 0.1) is 5.92 Å². The van der Waals surface area contributed by atoms with E-state index >= 15 is 0 Å². The van der Waals surface area contributed by atoms with Crippen LogP contribution in [-0.2, 0) is 21.7 Å². The van der Waals surface area contributed by atoms with Crippen LogP contribution in [0.3, 0.4) is 0 Å². The minimum absolute atomic E-state index is 0.00278. The molecule has 1 aliphatic rings. The van der Waals surface area contributed by atoms with Crippen LogP contribution in [0.25, 0.3) is 0 Å². The highest BCUT2D eigenvalue weighted by Crippen LogP contribution is 2.24. The lowest BCUT2D eigenvalue weighted by Gasteiger charge is -2.10. The first kappa shape index (κ1) is 15.0. The molecule has 0 spiro atoms. The first-order chi connectivity index (χ1) is 9.50. The number of carbonyl (C=O) groups is 1. The number of nitrogens with one attached hydrogen (secondary N) is 1. The first-order valence-electron chi connectivity index (χ1n) is 6.98. The molecule has 112 valence electrons. The topological polar surface area (TPSA) is 81.1 Å². The molecule has 0 aromatic carbocycles. The van der Waals surface area contributed by atoms with Crippen molar-refractivity contribution in [2.45, 2.75) is 37.3 Å². The van der Waals surface area contributed by atoms with Gasteiger partial charge in [-0.05, 0) is 19.3 Å². The summed E-state index contributed by atoms with van der Waals surface area (Å²) in [4.78, 5) is 15.6. The number of hydrogen-bond acceptors (Lipinski definition) is 4. The van der Waals surface area contributed by atoms with E-state index in [1.54, 1.807) is 13.2 Å². The summed E-state index contributed by atoms with van der Waals surface area (Å²) in [5, 5.41) is 2.91. The van der Waals surface area contributed by atoms with E-state index in [4.69, 9.17) is 0 Å². The number of rotatable bonds is 6. The Hall–Kier alpha value is -1.37. The lowest BCUT2D eigenvalue weighted by atomic mass is 10.1. The van der Waals surface area contributed by atoms with Crippen molar-refractivity contribution in [3.8, 4) is 0 Å². The highest BCUT2D eigenvalue weighted by atomic mass is 32.2. The smallest absolute Gasteiger partial charge is 0.227 e. The fraction of sp³-hybridized carbons (Fsp3) is 0.692. The zero-order valence-electron chi connectivity index (χ0n) is 11.7. The molecule has 0 saturated heterocycles. The average Bonchev–Trinajstić information content (AvgIpc) is 3.05. The molecule has 0 unspecified atom stereocenters. The normalized spacial score (nSPS) is 16.4. The van der Waals surface area contributed by atoms with Gasteiger partial charge in [0.15, 0.2) is 0 Å². The van der Waals surface area contributed by atoms with E-state index in [1.165, 1.54) is 10.8 Å². The number of hydrogen-bond donors (Lipinski definition) is 1. The van der Waals surface area contributed by atoms with Gasteiger partial charge in [-0.25, -0.2) is 13.4 Å². The van der Waals surface area contributed by atoms with E-state index in [1.807, 2.05) is 0 Å². The van der Waals surface area contributed by atoms with Crippen LogP contribution < -0.4 is 5.32 Å². The van der Waals surface area contributed by atoms with E-state index < -0.39 is 9.84 Å². The molecule has 1 heterocycles. The molecule has 1 N–H and O–H groups in total. The Morgan fingerprint density at radius 2 is 2.15 bits per heavy atom. The molecule has 1 fully saturated rings. The second-order valence-corrected chi connectivity index (χ2v) is 7.27. The number of nitrogens with zero attached hydrogens (tertiary/aromatic N) is 2. The molecule has 2 rings (SSSR count). The van der Waals surface area contributed by atoms with Crippen molar-refractivity contribution in [1.82, 2.24) is 14.9 Å². The van der Waals surface area contributed by atoms with Gasteiger partial charge in [0.2, 0.25) is 20.9 Å². The van der Waals surface area contributed by atoms with E-state index in [9.17, 15) is 13.2 Å². The SMILES string of the molecule is Cn1ccnc1S(=O)(=O)CCCNC(=O)C1CCCC1. The van der Waals surface area contributed by atoms with E-state index in [-0.39, 0.29) is 22.7 Å². The molecule has 20 heavy (non-hydrogen) atoms. The Balaban J connectivity index is 1.75. The van der Waals surface area contributed by atoms with Crippen molar-refractivity contribution in [2.75, 3.05) is 12.3 Å². The van der Waals surface area contributed by atoms with Gasteiger partial charge in [0.25, 0.3) is 0 Å². The van der Waals surface area contributed by atoms with Gasteiger partial charge in [-0.15, -0.1) is 0 Å². The fourth-order valence-corrected chi connectivity index (χ4v) is 3.98. The molecule has 1 aromatic heterocycles. The summed E-state index contributed by atoms with van der Waals surface area (Å²) in [7, 11) is -1.71. The van der Waals surface area contributed by atoms with Gasteiger partial charge >= 0.3 is 0 Å². The molecule has 0 atom stereocenters. The number of sulfone groups is 1. The number of carbonyl (C=O) groups excluding carboxylic acids is 1. The van der Waals surface area contributed by atoms with Crippen LogP contribution in [0.15, 0.2) is 17.6 Å². The van der Waals surface area contributed by atoms with Crippen molar-refractivity contribution in [2.24, 2.45) is 13.0 Å². The third-order valence-electron chi connectivity index (χ3n) is 3.67. The van der Waals surface area contributed by atoms with Gasteiger partial charge in [0, 0.05) is 31.9 Å². The van der Waals surface area contributed by atoms with E-state index in [0.29, 0.717) is 13.0 Å². The van der Waals surface area contributed by atoms with Gasteiger partial charge in [-0.3, -0.25) is 4.79 Å². The second kappa shape index (κ2) is 6.39. The summed E-state index contributed by atoms with van der Waals surface area (Å²) in [5.74, 6) is 0.195. The van der Waals surface area contributed by atoms with Crippen LogP contribution >= 0.6 is 0 Å². The predicted molar refractivity (Wildman–Crippen MR) is 74.8 cm³/mol. The summed E-state index contributed by atoms with van der Waals surface area (Å²) in [5.41, 5.74) is 0. The fourth-order valence-electron chi connectivity index (χ4n) is 2.55. The van der Waals surface area contributed by atoms with Crippen LogP contribution in [-0.4, -0.2) is 36.2 Å². The molecular weight excluding hydrogens is 278 g/mol. The number of imidazole rings is 1. The molecule has 1 amide bonds. The predicted octanol–water partition coefficient (Wildman–Crippen LogP) is 0.890.